The lowest BCUT2D eigenvalue weighted by Crippen LogP contribution is -2.48. The van der Waals surface area contributed by atoms with E-state index in [1.807, 2.05) is 12.1 Å². The lowest BCUT2D eigenvalue weighted by Gasteiger charge is -2.35. The molecule has 2 fully saturated rings. The van der Waals surface area contributed by atoms with E-state index in [9.17, 15) is 4.79 Å². The minimum atomic E-state index is 0.252. The smallest absolute Gasteiger partial charge is 0.223 e. The number of benzene rings is 1. The summed E-state index contributed by atoms with van der Waals surface area (Å²) in [5.74, 6) is 1.43. The highest BCUT2D eigenvalue weighted by Gasteiger charge is 2.32. The Morgan fingerprint density at radius 3 is 2.95 bits per heavy atom. The number of nitrogens with one attached hydrogen (secondary N) is 1. The van der Waals surface area contributed by atoms with Crippen molar-refractivity contribution in [2.75, 3.05) is 25.1 Å². The molecule has 108 valence electrons. The Hall–Kier alpha value is -1.71. The van der Waals surface area contributed by atoms with Gasteiger partial charge in [0.2, 0.25) is 5.91 Å². The summed E-state index contributed by atoms with van der Waals surface area (Å²) in [5.41, 5.74) is 1.18. The van der Waals surface area contributed by atoms with E-state index >= 15 is 0 Å². The van der Waals surface area contributed by atoms with E-state index in [1.54, 1.807) is 7.11 Å². The number of nitrogens with zero attached hydrogens (tertiary/aromatic N) is 1. The van der Waals surface area contributed by atoms with E-state index in [4.69, 9.17) is 4.74 Å². The first-order valence-electron chi connectivity index (χ1n) is 7.45. The molecule has 4 heteroatoms. The van der Waals surface area contributed by atoms with Gasteiger partial charge < -0.3 is 15.0 Å². The van der Waals surface area contributed by atoms with Crippen LogP contribution in [-0.4, -0.2) is 32.1 Å². The Balaban J connectivity index is 1.63. The lowest BCUT2D eigenvalue weighted by atomic mass is 10.0. The predicted molar refractivity (Wildman–Crippen MR) is 79.1 cm³/mol. The standard InChI is InChI=1S/C16H22N2O2/c1-20-15-6-2-5-14(10-15)18-9-3-4-13(11-18)17-16(19)12-7-8-12/h2,5-6,10,12-13H,3-4,7-9,11H2,1H3,(H,17,19)/t13-/m0/s1. The molecule has 0 unspecified atom stereocenters. The first-order valence-corrected chi connectivity index (χ1v) is 7.45. The first-order chi connectivity index (χ1) is 9.76. The molecule has 20 heavy (non-hydrogen) atoms. The number of amides is 1. The minimum absolute atomic E-state index is 0.252. The van der Waals surface area contributed by atoms with Crippen LogP contribution in [0.2, 0.25) is 0 Å². The summed E-state index contributed by atoms with van der Waals surface area (Å²) in [5, 5.41) is 3.20. The number of hydrogen-bond donors (Lipinski definition) is 1. The zero-order chi connectivity index (χ0) is 13.9. The quantitative estimate of drug-likeness (QED) is 0.915. The summed E-state index contributed by atoms with van der Waals surface area (Å²) in [6.45, 7) is 1.94. The van der Waals surface area contributed by atoms with Crippen LogP contribution >= 0.6 is 0 Å². The Morgan fingerprint density at radius 1 is 1.35 bits per heavy atom. The third-order valence-corrected chi connectivity index (χ3v) is 4.13. The van der Waals surface area contributed by atoms with Crippen LogP contribution in [0.3, 0.4) is 0 Å². The third kappa shape index (κ3) is 3.06. The molecule has 1 heterocycles. The lowest BCUT2D eigenvalue weighted by molar-refractivity contribution is -0.123. The molecule has 0 aromatic heterocycles. The van der Waals surface area contributed by atoms with Gasteiger partial charge in [0.15, 0.2) is 0 Å². The highest BCUT2D eigenvalue weighted by atomic mass is 16.5. The number of piperidine rings is 1. The molecule has 0 bridgehead atoms. The fourth-order valence-corrected chi connectivity index (χ4v) is 2.80. The van der Waals surface area contributed by atoms with Crippen molar-refractivity contribution in [3.8, 4) is 5.75 Å². The maximum Gasteiger partial charge on any atom is 0.223 e. The number of carbonyl (C=O) groups is 1. The summed E-state index contributed by atoms with van der Waals surface area (Å²) >= 11 is 0. The zero-order valence-electron chi connectivity index (χ0n) is 12.0. The Kier molecular flexibility index (Phi) is 3.81. The van der Waals surface area contributed by atoms with Crippen LogP contribution in [0.15, 0.2) is 24.3 Å². The maximum atomic E-state index is 11.9. The Bertz CT molecular complexity index is 485. The number of methoxy groups -OCH3 is 1. The molecule has 1 aliphatic heterocycles. The number of rotatable bonds is 4. The third-order valence-electron chi connectivity index (χ3n) is 4.13. The molecular weight excluding hydrogens is 252 g/mol. The molecule has 1 aromatic rings. The summed E-state index contributed by atoms with van der Waals surface area (Å²) < 4.78 is 5.28. The van der Waals surface area contributed by atoms with Crippen LogP contribution in [0, 0.1) is 5.92 Å². The van der Waals surface area contributed by atoms with E-state index in [0.29, 0.717) is 5.92 Å². The minimum Gasteiger partial charge on any atom is -0.497 e. The van der Waals surface area contributed by atoms with Crippen LogP contribution < -0.4 is 15.0 Å². The number of carbonyl (C=O) groups excluding carboxylic acids is 1. The molecule has 1 saturated carbocycles. The van der Waals surface area contributed by atoms with Crippen molar-refractivity contribution in [1.29, 1.82) is 0 Å². The van der Waals surface area contributed by atoms with E-state index in [1.165, 1.54) is 5.69 Å². The maximum absolute atomic E-state index is 11.9. The van der Waals surface area contributed by atoms with Crippen LogP contribution in [0.25, 0.3) is 0 Å². The van der Waals surface area contributed by atoms with Gasteiger partial charge in [-0.15, -0.1) is 0 Å². The number of hydrogen-bond acceptors (Lipinski definition) is 3. The highest BCUT2D eigenvalue weighted by Crippen LogP contribution is 2.29. The highest BCUT2D eigenvalue weighted by molar-refractivity contribution is 5.81. The summed E-state index contributed by atoms with van der Waals surface area (Å²) in [7, 11) is 1.69. The van der Waals surface area contributed by atoms with Crippen molar-refractivity contribution in [3.63, 3.8) is 0 Å². The van der Waals surface area contributed by atoms with Crippen molar-refractivity contribution in [2.24, 2.45) is 5.92 Å². The largest absolute Gasteiger partial charge is 0.497 e. The van der Waals surface area contributed by atoms with Crippen molar-refractivity contribution in [1.82, 2.24) is 5.32 Å². The van der Waals surface area contributed by atoms with Crippen molar-refractivity contribution in [2.45, 2.75) is 31.7 Å². The molecule has 1 saturated heterocycles. The molecule has 1 aliphatic carbocycles. The van der Waals surface area contributed by atoms with Crippen LogP contribution in [-0.2, 0) is 4.79 Å². The van der Waals surface area contributed by atoms with Gasteiger partial charge in [0.1, 0.15) is 5.75 Å². The zero-order valence-corrected chi connectivity index (χ0v) is 12.0. The van der Waals surface area contributed by atoms with E-state index in [0.717, 1.165) is 44.5 Å². The van der Waals surface area contributed by atoms with Crippen LogP contribution in [0.4, 0.5) is 5.69 Å². The molecule has 2 aliphatic rings. The second kappa shape index (κ2) is 5.73. The second-order valence-corrected chi connectivity index (χ2v) is 5.77. The van der Waals surface area contributed by atoms with Gasteiger partial charge in [0.05, 0.1) is 7.11 Å². The summed E-state index contributed by atoms with van der Waals surface area (Å²) in [4.78, 5) is 14.2. The molecule has 0 spiro atoms. The second-order valence-electron chi connectivity index (χ2n) is 5.77. The normalized spacial score (nSPS) is 22.4. The van der Waals surface area contributed by atoms with E-state index in [2.05, 4.69) is 22.3 Å². The molecule has 4 nitrogen and oxygen atoms in total. The van der Waals surface area contributed by atoms with Crippen LogP contribution in [0.1, 0.15) is 25.7 Å². The molecular formula is C16H22N2O2. The SMILES string of the molecule is COc1cccc(N2CCC[C@H](NC(=O)C3CC3)C2)c1. The van der Waals surface area contributed by atoms with Crippen LogP contribution in [0.5, 0.6) is 5.75 Å². The van der Waals surface area contributed by atoms with Gasteiger partial charge in [-0.2, -0.15) is 0 Å². The van der Waals surface area contributed by atoms with Gasteiger partial charge in [-0.25, -0.2) is 0 Å². The average molecular weight is 274 g/mol. The molecule has 1 N–H and O–H groups in total. The first kappa shape index (κ1) is 13.3. The van der Waals surface area contributed by atoms with Crippen molar-refractivity contribution < 1.29 is 9.53 Å². The van der Waals surface area contributed by atoms with Gasteiger partial charge in [-0.05, 0) is 37.8 Å². The molecule has 1 amide bonds. The van der Waals surface area contributed by atoms with Gasteiger partial charge >= 0.3 is 0 Å². The Labute approximate surface area is 120 Å². The van der Waals surface area contributed by atoms with Gasteiger partial charge in [-0.3, -0.25) is 4.79 Å². The van der Waals surface area contributed by atoms with Gasteiger partial charge in [0.25, 0.3) is 0 Å². The number of ether oxygens (including phenoxy) is 1. The fourth-order valence-electron chi connectivity index (χ4n) is 2.80. The topological polar surface area (TPSA) is 41.6 Å². The summed E-state index contributed by atoms with van der Waals surface area (Å²) in [6, 6.07) is 8.42. The predicted octanol–water partition coefficient (Wildman–Crippen LogP) is 2.19. The molecule has 1 aromatic carbocycles. The van der Waals surface area contributed by atoms with Gasteiger partial charge in [0, 0.05) is 36.8 Å². The van der Waals surface area contributed by atoms with Gasteiger partial charge in [-0.1, -0.05) is 6.07 Å². The van der Waals surface area contributed by atoms with E-state index < -0.39 is 0 Å². The van der Waals surface area contributed by atoms with Crippen molar-refractivity contribution >= 4 is 11.6 Å². The fraction of sp³-hybridized carbons (Fsp3) is 0.562. The van der Waals surface area contributed by atoms with Crippen molar-refractivity contribution in [3.05, 3.63) is 24.3 Å². The summed E-state index contributed by atoms with van der Waals surface area (Å²) in [6.07, 6.45) is 4.34. The monoisotopic (exact) mass is 274 g/mol. The number of anilines is 1. The van der Waals surface area contributed by atoms with E-state index in [-0.39, 0.29) is 11.9 Å². The molecule has 0 radical (unpaired) electrons. The average Bonchev–Trinajstić information content (AvgIpc) is 3.32. The molecule has 1 atom stereocenters. The Morgan fingerprint density at radius 2 is 2.20 bits per heavy atom. The molecule has 3 rings (SSSR count).